The van der Waals surface area contributed by atoms with Gasteiger partial charge in [-0.3, -0.25) is 4.79 Å². The van der Waals surface area contributed by atoms with Gasteiger partial charge in [-0.15, -0.1) is 0 Å². The van der Waals surface area contributed by atoms with Crippen molar-refractivity contribution >= 4 is 11.9 Å². The normalized spacial score (nSPS) is 10.4. The van der Waals surface area contributed by atoms with E-state index in [2.05, 4.69) is 4.74 Å². The number of halogens is 2. The molecule has 0 aliphatic carbocycles. The van der Waals surface area contributed by atoms with Gasteiger partial charge >= 0.3 is 11.9 Å². The lowest BCUT2D eigenvalue weighted by atomic mass is 10.00. The van der Waals surface area contributed by atoms with Crippen LogP contribution in [-0.2, 0) is 20.7 Å². The van der Waals surface area contributed by atoms with E-state index in [4.69, 9.17) is 4.74 Å². The first-order valence-corrected chi connectivity index (χ1v) is 6.14. The van der Waals surface area contributed by atoms with Gasteiger partial charge in [0, 0.05) is 12.0 Å². The lowest BCUT2D eigenvalue weighted by Gasteiger charge is -2.10. The largest absolute Gasteiger partial charge is 0.469 e. The highest BCUT2D eigenvalue weighted by Gasteiger charge is 2.17. The Labute approximate surface area is 115 Å². The summed E-state index contributed by atoms with van der Waals surface area (Å²) in [6.07, 6.45) is -2.38. The summed E-state index contributed by atoms with van der Waals surface area (Å²) in [6, 6.07) is 3.76. The average molecular weight is 286 g/mol. The van der Waals surface area contributed by atoms with Gasteiger partial charge in [-0.1, -0.05) is 12.1 Å². The molecule has 0 heterocycles. The number of esters is 2. The standard InChI is InChI=1S/C14H16F2O4/c1-3-20-14(18)11-8-10(13(15)16)5-4-9(11)6-7-12(17)19-2/h4-5,8,13H,3,6-7H2,1-2H3. The molecule has 1 aromatic rings. The molecule has 1 aromatic carbocycles. The number of hydrogen-bond donors (Lipinski definition) is 0. The Morgan fingerprint density at radius 1 is 1.30 bits per heavy atom. The number of aryl methyl sites for hydroxylation is 1. The second-order valence-electron chi connectivity index (χ2n) is 4.01. The van der Waals surface area contributed by atoms with Crippen LogP contribution in [-0.4, -0.2) is 25.7 Å². The smallest absolute Gasteiger partial charge is 0.338 e. The van der Waals surface area contributed by atoms with Crippen LogP contribution in [0, 0.1) is 0 Å². The minimum absolute atomic E-state index is 0.0635. The van der Waals surface area contributed by atoms with Crippen molar-refractivity contribution in [2.45, 2.75) is 26.2 Å². The molecule has 20 heavy (non-hydrogen) atoms. The Morgan fingerprint density at radius 2 is 2.00 bits per heavy atom. The maximum atomic E-state index is 12.7. The Kier molecular flexibility index (Phi) is 6.09. The molecule has 0 aliphatic rings. The predicted molar refractivity (Wildman–Crippen MR) is 67.7 cm³/mol. The van der Waals surface area contributed by atoms with E-state index in [0.29, 0.717) is 5.56 Å². The summed E-state index contributed by atoms with van der Waals surface area (Å²) in [7, 11) is 1.26. The number of benzene rings is 1. The minimum Gasteiger partial charge on any atom is -0.469 e. The summed E-state index contributed by atoms with van der Waals surface area (Å²) in [6.45, 7) is 1.77. The molecule has 0 radical (unpaired) electrons. The van der Waals surface area contributed by atoms with Crippen molar-refractivity contribution in [1.29, 1.82) is 0 Å². The second kappa shape index (κ2) is 7.57. The Balaban J connectivity index is 3.02. The van der Waals surface area contributed by atoms with Crippen LogP contribution in [0.2, 0.25) is 0 Å². The lowest BCUT2D eigenvalue weighted by molar-refractivity contribution is -0.140. The number of hydrogen-bond acceptors (Lipinski definition) is 4. The monoisotopic (exact) mass is 286 g/mol. The number of carbonyl (C=O) groups is 2. The quantitative estimate of drug-likeness (QED) is 0.754. The van der Waals surface area contributed by atoms with Gasteiger partial charge in [0.25, 0.3) is 6.43 Å². The van der Waals surface area contributed by atoms with Gasteiger partial charge in [0.2, 0.25) is 0 Å². The number of carbonyl (C=O) groups excluding carboxylic acids is 2. The maximum absolute atomic E-state index is 12.7. The zero-order valence-electron chi connectivity index (χ0n) is 11.3. The van der Waals surface area contributed by atoms with Crippen LogP contribution in [0.5, 0.6) is 0 Å². The summed E-state index contributed by atoms with van der Waals surface area (Å²) in [5, 5.41) is 0. The van der Waals surface area contributed by atoms with Gasteiger partial charge in [-0.25, -0.2) is 13.6 Å². The van der Waals surface area contributed by atoms with Gasteiger partial charge in [0.1, 0.15) is 0 Å². The third kappa shape index (κ3) is 4.29. The number of rotatable bonds is 6. The van der Waals surface area contributed by atoms with E-state index in [1.54, 1.807) is 6.92 Å². The fourth-order valence-corrected chi connectivity index (χ4v) is 1.69. The molecule has 0 bridgehead atoms. The molecular formula is C14H16F2O4. The third-order valence-corrected chi connectivity index (χ3v) is 2.71. The Bertz CT molecular complexity index is 486. The summed E-state index contributed by atoms with van der Waals surface area (Å²) >= 11 is 0. The van der Waals surface area contributed by atoms with Crippen molar-refractivity contribution in [2.75, 3.05) is 13.7 Å². The summed E-state index contributed by atoms with van der Waals surface area (Å²) in [5.41, 5.74) is 0.293. The van der Waals surface area contributed by atoms with Crippen LogP contribution >= 0.6 is 0 Å². The van der Waals surface area contributed by atoms with E-state index in [0.717, 1.165) is 6.07 Å². The molecule has 0 saturated heterocycles. The molecule has 0 fully saturated rings. The summed E-state index contributed by atoms with van der Waals surface area (Å²) < 4.78 is 34.7. The fourth-order valence-electron chi connectivity index (χ4n) is 1.69. The van der Waals surface area contributed by atoms with Crippen LogP contribution in [0.25, 0.3) is 0 Å². The minimum atomic E-state index is -2.67. The highest BCUT2D eigenvalue weighted by molar-refractivity contribution is 5.91. The van der Waals surface area contributed by atoms with E-state index >= 15 is 0 Å². The van der Waals surface area contributed by atoms with Gasteiger partial charge < -0.3 is 9.47 Å². The first-order chi connectivity index (χ1) is 9.49. The molecule has 0 amide bonds. The van der Waals surface area contributed by atoms with E-state index in [1.807, 2.05) is 0 Å². The maximum Gasteiger partial charge on any atom is 0.338 e. The highest BCUT2D eigenvalue weighted by Crippen LogP contribution is 2.23. The first-order valence-electron chi connectivity index (χ1n) is 6.14. The lowest BCUT2D eigenvalue weighted by Crippen LogP contribution is -2.11. The van der Waals surface area contributed by atoms with E-state index in [1.165, 1.54) is 19.2 Å². The van der Waals surface area contributed by atoms with Gasteiger partial charge in [-0.2, -0.15) is 0 Å². The van der Waals surface area contributed by atoms with Crippen molar-refractivity contribution in [1.82, 2.24) is 0 Å². The van der Waals surface area contributed by atoms with Crippen LogP contribution in [0.4, 0.5) is 8.78 Å². The topological polar surface area (TPSA) is 52.6 Å². The molecule has 6 heteroatoms. The molecule has 4 nitrogen and oxygen atoms in total. The van der Waals surface area contributed by atoms with E-state index < -0.39 is 18.4 Å². The van der Waals surface area contributed by atoms with Crippen LogP contribution in [0.1, 0.15) is 41.3 Å². The number of methoxy groups -OCH3 is 1. The van der Waals surface area contributed by atoms with Crippen molar-refractivity contribution in [3.8, 4) is 0 Å². The molecule has 0 unspecified atom stereocenters. The zero-order valence-corrected chi connectivity index (χ0v) is 11.3. The zero-order chi connectivity index (χ0) is 15.1. The van der Waals surface area contributed by atoms with Crippen LogP contribution < -0.4 is 0 Å². The van der Waals surface area contributed by atoms with Crippen molar-refractivity contribution in [3.63, 3.8) is 0 Å². The molecule has 1 rings (SSSR count). The molecule has 0 aliphatic heterocycles. The second-order valence-corrected chi connectivity index (χ2v) is 4.01. The van der Waals surface area contributed by atoms with Crippen LogP contribution in [0.15, 0.2) is 18.2 Å². The average Bonchev–Trinajstić information content (AvgIpc) is 2.44. The molecule has 0 spiro atoms. The molecule has 0 aromatic heterocycles. The third-order valence-electron chi connectivity index (χ3n) is 2.71. The summed E-state index contributed by atoms with van der Waals surface area (Å²) in [5.74, 6) is -1.10. The van der Waals surface area contributed by atoms with Crippen LogP contribution in [0.3, 0.4) is 0 Å². The van der Waals surface area contributed by atoms with Crippen molar-refractivity contribution in [2.24, 2.45) is 0 Å². The van der Waals surface area contributed by atoms with E-state index in [9.17, 15) is 18.4 Å². The molecule has 0 saturated carbocycles. The SMILES string of the molecule is CCOC(=O)c1cc(C(F)F)ccc1CCC(=O)OC. The fraction of sp³-hybridized carbons (Fsp3) is 0.429. The van der Waals surface area contributed by atoms with Crippen molar-refractivity contribution < 1.29 is 27.8 Å². The van der Waals surface area contributed by atoms with Gasteiger partial charge in [0.05, 0.1) is 19.3 Å². The molecule has 0 atom stereocenters. The predicted octanol–water partition coefficient (Wildman–Crippen LogP) is 2.91. The Hall–Kier alpha value is -1.98. The number of alkyl halides is 2. The highest BCUT2D eigenvalue weighted by atomic mass is 19.3. The van der Waals surface area contributed by atoms with Gasteiger partial charge in [0.15, 0.2) is 0 Å². The first kappa shape index (κ1) is 16.1. The van der Waals surface area contributed by atoms with Gasteiger partial charge in [-0.05, 0) is 25.0 Å². The molecule has 0 N–H and O–H groups in total. The Morgan fingerprint density at radius 3 is 2.55 bits per heavy atom. The molecule has 110 valence electrons. The number of ether oxygens (including phenoxy) is 2. The summed E-state index contributed by atoms with van der Waals surface area (Å²) in [4.78, 5) is 22.9. The van der Waals surface area contributed by atoms with E-state index in [-0.39, 0.29) is 30.6 Å². The molecular weight excluding hydrogens is 270 g/mol. The van der Waals surface area contributed by atoms with Crippen molar-refractivity contribution in [3.05, 3.63) is 34.9 Å².